The van der Waals surface area contributed by atoms with Crippen LogP contribution in [0.5, 0.6) is 0 Å². The monoisotopic (exact) mass is 364 g/mol. The number of hydrogen-bond acceptors (Lipinski definition) is 2. The van der Waals surface area contributed by atoms with Crippen LogP contribution >= 0.6 is 0 Å². The van der Waals surface area contributed by atoms with E-state index in [1.807, 2.05) is 13.4 Å². The van der Waals surface area contributed by atoms with Crippen LogP contribution in [0.15, 0.2) is 42.7 Å². The fraction of sp³-hybridized carbons (Fsp3) is 0.600. The maximum atomic E-state index is 6.29. The molecular formula is C20H36O2Si2. The fourth-order valence-electron chi connectivity index (χ4n) is 3.48. The van der Waals surface area contributed by atoms with Crippen molar-refractivity contribution in [2.75, 3.05) is 7.11 Å². The Morgan fingerprint density at radius 3 is 1.92 bits per heavy atom. The van der Waals surface area contributed by atoms with Crippen molar-refractivity contribution >= 4 is 21.8 Å². The molecule has 0 amide bonds. The quantitative estimate of drug-likeness (QED) is 0.406. The summed E-state index contributed by atoms with van der Waals surface area (Å²) in [5, 5.41) is 1.47. The third-order valence-corrected chi connectivity index (χ3v) is 15.3. The van der Waals surface area contributed by atoms with E-state index in [4.69, 9.17) is 8.85 Å². The van der Waals surface area contributed by atoms with Crippen LogP contribution in [0.4, 0.5) is 0 Å². The summed E-state index contributed by atoms with van der Waals surface area (Å²) < 4.78 is 12.5. The molecule has 1 atom stereocenters. The van der Waals surface area contributed by atoms with Crippen molar-refractivity contribution in [1.82, 2.24) is 0 Å². The summed E-state index contributed by atoms with van der Waals surface area (Å²) >= 11 is 0. The number of allylic oxidation sites excluding steroid dienone is 1. The summed E-state index contributed by atoms with van der Waals surface area (Å²) in [6, 6.07) is 15.2. The van der Waals surface area contributed by atoms with E-state index in [1.165, 1.54) is 23.3 Å². The summed E-state index contributed by atoms with van der Waals surface area (Å²) in [7, 11) is -1.81. The maximum Gasteiger partial charge on any atom is 0.249 e. The van der Waals surface area contributed by atoms with Gasteiger partial charge in [0.25, 0.3) is 0 Å². The fourth-order valence-corrected chi connectivity index (χ4v) is 9.75. The number of rotatable bonds is 9. The largest absolute Gasteiger partial charge is 0.549 e. The molecule has 136 valence electrons. The minimum atomic E-state index is -2.13. The molecule has 0 N–H and O–H groups in total. The van der Waals surface area contributed by atoms with Crippen molar-refractivity contribution in [3.05, 3.63) is 42.7 Å². The molecule has 0 saturated carbocycles. The zero-order chi connectivity index (χ0) is 18.3. The molecule has 0 aliphatic rings. The van der Waals surface area contributed by atoms with E-state index in [0.717, 1.165) is 6.04 Å². The van der Waals surface area contributed by atoms with E-state index < -0.39 is 16.6 Å². The molecule has 1 aromatic carbocycles. The van der Waals surface area contributed by atoms with Gasteiger partial charge in [-0.3, -0.25) is 0 Å². The van der Waals surface area contributed by atoms with Gasteiger partial charge in [0.2, 0.25) is 16.6 Å². The SMILES string of the molecule is CC[Si](CC)(CC)O/C=C\C[Si](OC)(c1ccccc1)C(C)(C)C. The van der Waals surface area contributed by atoms with E-state index in [0.29, 0.717) is 0 Å². The smallest absolute Gasteiger partial charge is 0.249 e. The van der Waals surface area contributed by atoms with Crippen molar-refractivity contribution in [2.45, 2.75) is 70.8 Å². The number of hydrogen-bond donors (Lipinski definition) is 0. The lowest BCUT2D eigenvalue weighted by molar-refractivity contribution is 0.375. The highest BCUT2D eigenvalue weighted by molar-refractivity contribution is 6.89. The van der Waals surface area contributed by atoms with E-state index in [-0.39, 0.29) is 5.04 Å². The molecule has 24 heavy (non-hydrogen) atoms. The third kappa shape index (κ3) is 4.61. The lowest BCUT2D eigenvalue weighted by Gasteiger charge is -2.41. The molecular weight excluding hydrogens is 328 g/mol. The van der Waals surface area contributed by atoms with Crippen LogP contribution in [0.1, 0.15) is 41.5 Å². The second-order valence-corrected chi connectivity index (χ2v) is 16.9. The van der Waals surface area contributed by atoms with Crippen molar-refractivity contribution in [3.8, 4) is 0 Å². The van der Waals surface area contributed by atoms with E-state index >= 15 is 0 Å². The first kappa shape index (κ1) is 21.2. The first-order valence-corrected chi connectivity index (χ1v) is 13.9. The normalized spacial score (nSPS) is 15.5. The van der Waals surface area contributed by atoms with Gasteiger partial charge in [0, 0.05) is 7.11 Å². The average Bonchev–Trinajstić information content (AvgIpc) is 2.59. The van der Waals surface area contributed by atoms with Gasteiger partial charge in [0.1, 0.15) is 0 Å². The molecule has 0 heterocycles. The van der Waals surface area contributed by atoms with Crippen LogP contribution < -0.4 is 5.19 Å². The second-order valence-electron chi connectivity index (χ2n) is 7.58. The zero-order valence-electron chi connectivity index (χ0n) is 16.7. The molecule has 0 aliphatic heterocycles. The van der Waals surface area contributed by atoms with Gasteiger partial charge >= 0.3 is 0 Å². The molecule has 0 bridgehead atoms. The molecule has 2 nitrogen and oxygen atoms in total. The van der Waals surface area contributed by atoms with Gasteiger partial charge in [-0.05, 0) is 34.4 Å². The Kier molecular flexibility index (Phi) is 7.97. The topological polar surface area (TPSA) is 18.5 Å². The van der Waals surface area contributed by atoms with E-state index in [9.17, 15) is 0 Å². The second kappa shape index (κ2) is 9.02. The Morgan fingerprint density at radius 1 is 0.958 bits per heavy atom. The molecule has 1 rings (SSSR count). The molecule has 4 heteroatoms. The standard InChI is InChI=1S/C20H36O2Si2/c1-8-23(9-2,10-3)22-17-14-18-24(21-7,20(4,5)6)19-15-12-11-13-16-19/h11-17H,8-10,18H2,1-7H3/b17-14-. The first-order chi connectivity index (χ1) is 11.3. The summed E-state index contributed by atoms with van der Waals surface area (Å²) in [6.45, 7) is 13.7. The van der Waals surface area contributed by atoms with Gasteiger partial charge in [0.05, 0.1) is 6.26 Å². The van der Waals surface area contributed by atoms with Crippen molar-refractivity contribution in [1.29, 1.82) is 0 Å². The van der Waals surface area contributed by atoms with Gasteiger partial charge in [-0.2, -0.15) is 0 Å². The Balaban J connectivity index is 3.02. The van der Waals surface area contributed by atoms with E-state index in [2.05, 4.69) is 78.0 Å². The zero-order valence-corrected chi connectivity index (χ0v) is 18.7. The highest BCUT2D eigenvalue weighted by Crippen LogP contribution is 2.39. The Labute approximate surface area is 151 Å². The highest BCUT2D eigenvalue weighted by atomic mass is 28.4. The van der Waals surface area contributed by atoms with E-state index in [1.54, 1.807) is 0 Å². The minimum absolute atomic E-state index is 0.113. The predicted molar refractivity (Wildman–Crippen MR) is 111 cm³/mol. The molecule has 0 spiro atoms. The molecule has 0 saturated heterocycles. The van der Waals surface area contributed by atoms with Crippen LogP contribution in [-0.4, -0.2) is 23.7 Å². The van der Waals surface area contributed by atoms with Gasteiger partial charge in [0.15, 0.2) is 0 Å². The van der Waals surface area contributed by atoms with Crippen molar-refractivity contribution in [3.63, 3.8) is 0 Å². The van der Waals surface area contributed by atoms with Crippen molar-refractivity contribution in [2.24, 2.45) is 0 Å². The van der Waals surface area contributed by atoms with Gasteiger partial charge < -0.3 is 8.85 Å². The molecule has 0 aliphatic carbocycles. The summed E-state index contributed by atoms with van der Waals surface area (Å²) in [5.41, 5.74) is 0. The maximum absolute atomic E-state index is 6.29. The first-order valence-electron chi connectivity index (χ1n) is 9.24. The van der Waals surface area contributed by atoms with Gasteiger partial charge in [-0.1, -0.05) is 78.0 Å². The van der Waals surface area contributed by atoms with Crippen LogP contribution in [-0.2, 0) is 8.85 Å². The Hall–Kier alpha value is -0.846. The van der Waals surface area contributed by atoms with Gasteiger partial charge in [-0.25, -0.2) is 0 Å². The summed E-state index contributed by atoms with van der Waals surface area (Å²) in [4.78, 5) is 0. The Bertz CT molecular complexity index is 496. The molecule has 1 unspecified atom stereocenters. The van der Waals surface area contributed by atoms with Crippen LogP contribution in [0.25, 0.3) is 0 Å². The predicted octanol–water partition coefficient (Wildman–Crippen LogP) is 5.82. The molecule has 0 radical (unpaired) electrons. The summed E-state index contributed by atoms with van der Waals surface area (Å²) in [5.74, 6) is 0. The lowest BCUT2D eigenvalue weighted by atomic mass is 10.2. The molecule has 0 fully saturated rings. The lowest BCUT2D eigenvalue weighted by Crippen LogP contribution is -2.56. The summed E-state index contributed by atoms with van der Waals surface area (Å²) in [6.07, 6.45) is 4.20. The van der Waals surface area contributed by atoms with Crippen LogP contribution in [0.3, 0.4) is 0 Å². The van der Waals surface area contributed by atoms with Gasteiger partial charge in [-0.15, -0.1) is 0 Å². The third-order valence-electron chi connectivity index (χ3n) is 5.55. The highest BCUT2D eigenvalue weighted by Gasteiger charge is 2.46. The number of benzene rings is 1. The molecule has 0 aromatic heterocycles. The Morgan fingerprint density at radius 2 is 1.50 bits per heavy atom. The minimum Gasteiger partial charge on any atom is -0.549 e. The average molecular weight is 365 g/mol. The van der Waals surface area contributed by atoms with Crippen molar-refractivity contribution < 1.29 is 8.85 Å². The van der Waals surface area contributed by atoms with Crippen LogP contribution in [0.2, 0.25) is 29.2 Å². The van der Waals surface area contributed by atoms with Crippen LogP contribution in [0, 0.1) is 0 Å². The molecule has 1 aromatic rings.